The van der Waals surface area contributed by atoms with Crippen molar-refractivity contribution in [3.05, 3.63) is 53.6 Å². The lowest BCUT2D eigenvalue weighted by molar-refractivity contribution is 0.101. The molecule has 0 unspecified atom stereocenters. The van der Waals surface area contributed by atoms with E-state index in [4.69, 9.17) is 4.74 Å². The Morgan fingerprint density at radius 1 is 1.14 bits per heavy atom. The van der Waals surface area contributed by atoms with E-state index in [1.54, 1.807) is 37.4 Å². The van der Waals surface area contributed by atoms with Gasteiger partial charge in [0, 0.05) is 11.3 Å². The molecular formula is C16H17NO4S. The van der Waals surface area contributed by atoms with Gasteiger partial charge in [-0.2, -0.15) is 0 Å². The molecule has 0 aliphatic rings. The number of rotatable bonds is 5. The van der Waals surface area contributed by atoms with Crippen molar-refractivity contribution in [2.24, 2.45) is 0 Å². The number of methoxy groups -OCH3 is 1. The molecule has 0 aliphatic carbocycles. The normalized spacial score (nSPS) is 11.0. The number of hydrogen-bond acceptors (Lipinski definition) is 4. The zero-order chi connectivity index (χ0) is 16.3. The Labute approximate surface area is 130 Å². The number of sulfonamides is 1. The van der Waals surface area contributed by atoms with Gasteiger partial charge in [-0.1, -0.05) is 12.1 Å². The highest BCUT2D eigenvalue weighted by molar-refractivity contribution is 7.92. The second kappa shape index (κ2) is 6.19. The molecule has 0 saturated carbocycles. The molecule has 6 heteroatoms. The number of anilines is 1. The van der Waals surface area contributed by atoms with Crippen LogP contribution in [0.4, 0.5) is 5.69 Å². The molecule has 22 heavy (non-hydrogen) atoms. The molecule has 116 valence electrons. The summed E-state index contributed by atoms with van der Waals surface area (Å²) in [4.78, 5) is 11.4. The van der Waals surface area contributed by atoms with E-state index in [2.05, 4.69) is 4.72 Å². The fraction of sp³-hybridized carbons (Fsp3) is 0.188. The first-order valence-corrected chi connectivity index (χ1v) is 8.10. The first kappa shape index (κ1) is 16.0. The van der Waals surface area contributed by atoms with Gasteiger partial charge in [-0.15, -0.1) is 0 Å². The van der Waals surface area contributed by atoms with Crippen LogP contribution in [0.1, 0.15) is 22.8 Å². The minimum Gasteiger partial charge on any atom is -0.496 e. The number of carbonyl (C=O) groups excluding carboxylic acids is 1. The summed E-state index contributed by atoms with van der Waals surface area (Å²) in [7, 11) is -2.19. The Morgan fingerprint density at radius 3 is 2.45 bits per heavy atom. The fourth-order valence-electron chi connectivity index (χ4n) is 2.04. The van der Waals surface area contributed by atoms with Crippen molar-refractivity contribution < 1.29 is 17.9 Å². The van der Waals surface area contributed by atoms with Crippen LogP contribution in [0.15, 0.2) is 47.4 Å². The number of hydrogen-bond donors (Lipinski definition) is 1. The Bertz CT molecular complexity index is 813. The number of ketones is 1. The highest BCUT2D eigenvalue weighted by Crippen LogP contribution is 2.23. The average Bonchev–Trinajstić information content (AvgIpc) is 2.47. The van der Waals surface area contributed by atoms with Gasteiger partial charge in [0.1, 0.15) is 5.75 Å². The maximum Gasteiger partial charge on any atom is 0.261 e. The number of benzene rings is 2. The van der Waals surface area contributed by atoms with Gasteiger partial charge in [-0.3, -0.25) is 9.52 Å². The van der Waals surface area contributed by atoms with Crippen LogP contribution in [0.3, 0.4) is 0 Å². The van der Waals surface area contributed by atoms with Crippen LogP contribution in [-0.4, -0.2) is 21.3 Å². The van der Waals surface area contributed by atoms with E-state index >= 15 is 0 Å². The molecule has 0 saturated heterocycles. The Morgan fingerprint density at radius 2 is 1.86 bits per heavy atom. The standard InChI is InChI=1S/C16H17NO4S/c1-11-9-14(7-8-16(11)21-3)17-22(19,20)15-6-4-5-13(10-15)12(2)18/h4-10,17H,1-3H3. The topological polar surface area (TPSA) is 72.5 Å². The molecule has 0 fully saturated rings. The molecule has 0 bridgehead atoms. The summed E-state index contributed by atoms with van der Waals surface area (Å²) in [5.74, 6) is 0.499. The molecule has 0 spiro atoms. The molecule has 5 nitrogen and oxygen atoms in total. The maximum absolute atomic E-state index is 12.4. The van der Waals surface area contributed by atoms with E-state index < -0.39 is 10.0 Å². The van der Waals surface area contributed by atoms with Crippen LogP contribution in [-0.2, 0) is 10.0 Å². The Balaban J connectivity index is 2.33. The van der Waals surface area contributed by atoms with E-state index in [1.807, 2.05) is 6.92 Å². The fourth-order valence-corrected chi connectivity index (χ4v) is 3.13. The summed E-state index contributed by atoms with van der Waals surface area (Å²) in [5, 5.41) is 0. The zero-order valence-corrected chi connectivity index (χ0v) is 13.4. The number of ether oxygens (including phenoxy) is 1. The lowest BCUT2D eigenvalue weighted by Gasteiger charge is -2.11. The zero-order valence-electron chi connectivity index (χ0n) is 12.6. The maximum atomic E-state index is 12.4. The van der Waals surface area contributed by atoms with Crippen LogP contribution < -0.4 is 9.46 Å². The summed E-state index contributed by atoms with van der Waals surface area (Å²) in [6.45, 7) is 3.22. The van der Waals surface area contributed by atoms with Crippen molar-refractivity contribution in [3.8, 4) is 5.75 Å². The molecule has 0 aromatic heterocycles. The lowest BCUT2D eigenvalue weighted by atomic mass is 10.2. The van der Waals surface area contributed by atoms with E-state index in [-0.39, 0.29) is 10.7 Å². The van der Waals surface area contributed by atoms with Crippen molar-refractivity contribution in [2.75, 3.05) is 11.8 Å². The van der Waals surface area contributed by atoms with Gasteiger partial charge in [0.15, 0.2) is 5.78 Å². The van der Waals surface area contributed by atoms with Crippen LogP contribution in [0.2, 0.25) is 0 Å². The molecule has 0 radical (unpaired) electrons. The third-order valence-corrected chi connectivity index (χ3v) is 4.58. The van der Waals surface area contributed by atoms with Gasteiger partial charge in [0.25, 0.3) is 10.0 Å². The number of Topliss-reactive ketones (excluding diaryl/α,β-unsaturated/α-hetero) is 1. The molecule has 0 atom stereocenters. The van der Waals surface area contributed by atoms with Crippen LogP contribution in [0.25, 0.3) is 0 Å². The number of carbonyl (C=O) groups is 1. The monoisotopic (exact) mass is 319 g/mol. The molecule has 0 amide bonds. The van der Waals surface area contributed by atoms with Crippen molar-refractivity contribution >= 4 is 21.5 Å². The second-order valence-electron chi connectivity index (χ2n) is 4.87. The van der Waals surface area contributed by atoms with Gasteiger partial charge >= 0.3 is 0 Å². The average molecular weight is 319 g/mol. The van der Waals surface area contributed by atoms with Crippen molar-refractivity contribution in [1.29, 1.82) is 0 Å². The van der Waals surface area contributed by atoms with Gasteiger partial charge in [0.2, 0.25) is 0 Å². The van der Waals surface area contributed by atoms with Crippen molar-refractivity contribution in [1.82, 2.24) is 0 Å². The summed E-state index contributed by atoms with van der Waals surface area (Å²) in [6, 6.07) is 10.9. The second-order valence-corrected chi connectivity index (χ2v) is 6.56. The molecule has 2 rings (SSSR count). The van der Waals surface area contributed by atoms with Crippen LogP contribution in [0.5, 0.6) is 5.75 Å². The summed E-state index contributed by atoms with van der Waals surface area (Å²) < 4.78 is 32.4. The van der Waals surface area contributed by atoms with E-state index in [0.717, 1.165) is 5.56 Å². The summed E-state index contributed by atoms with van der Waals surface area (Å²) in [5.41, 5.74) is 1.61. The molecule has 2 aromatic carbocycles. The highest BCUT2D eigenvalue weighted by atomic mass is 32.2. The molecule has 0 heterocycles. The molecular weight excluding hydrogens is 302 g/mol. The van der Waals surface area contributed by atoms with Crippen molar-refractivity contribution in [2.45, 2.75) is 18.7 Å². The van der Waals surface area contributed by atoms with Gasteiger partial charge in [-0.05, 0) is 49.7 Å². The predicted molar refractivity (Wildman–Crippen MR) is 85.0 cm³/mol. The van der Waals surface area contributed by atoms with Gasteiger partial charge < -0.3 is 4.74 Å². The van der Waals surface area contributed by atoms with E-state index in [0.29, 0.717) is 17.0 Å². The smallest absolute Gasteiger partial charge is 0.261 e. The number of aryl methyl sites for hydroxylation is 1. The SMILES string of the molecule is COc1ccc(NS(=O)(=O)c2cccc(C(C)=O)c2)cc1C. The molecule has 1 N–H and O–H groups in total. The first-order valence-electron chi connectivity index (χ1n) is 6.62. The largest absolute Gasteiger partial charge is 0.496 e. The predicted octanol–water partition coefficient (Wildman–Crippen LogP) is 3.01. The lowest BCUT2D eigenvalue weighted by Crippen LogP contribution is -2.13. The molecule has 2 aromatic rings. The molecule has 0 aliphatic heterocycles. The van der Waals surface area contributed by atoms with E-state index in [1.165, 1.54) is 19.1 Å². The van der Waals surface area contributed by atoms with Crippen LogP contribution in [0, 0.1) is 6.92 Å². The third-order valence-electron chi connectivity index (χ3n) is 3.20. The highest BCUT2D eigenvalue weighted by Gasteiger charge is 2.16. The van der Waals surface area contributed by atoms with Gasteiger partial charge in [-0.25, -0.2) is 8.42 Å². The van der Waals surface area contributed by atoms with Crippen LogP contribution >= 0.6 is 0 Å². The summed E-state index contributed by atoms with van der Waals surface area (Å²) >= 11 is 0. The minimum absolute atomic E-state index is 0.0497. The Hall–Kier alpha value is -2.34. The van der Waals surface area contributed by atoms with Crippen molar-refractivity contribution in [3.63, 3.8) is 0 Å². The number of nitrogens with one attached hydrogen (secondary N) is 1. The minimum atomic E-state index is -3.75. The van der Waals surface area contributed by atoms with E-state index in [9.17, 15) is 13.2 Å². The van der Waals surface area contributed by atoms with Gasteiger partial charge in [0.05, 0.1) is 12.0 Å². The third kappa shape index (κ3) is 3.46. The quantitative estimate of drug-likeness (QED) is 0.860. The summed E-state index contributed by atoms with van der Waals surface area (Å²) in [6.07, 6.45) is 0. The first-order chi connectivity index (χ1) is 10.3. The Kier molecular flexibility index (Phi) is 4.51.